The summed E-state index contributed by atoms with van der Waals surface area (Å²) >= 11 is 12.6. The third-order valence-electron chi connectivity index (χ3n) is 3.22. The molecule has 0 saturated carbocycles. The highest BCUT2D eigenvalue weighted by Gasteiger charge is 2.37. The fourth-order valence-electron chi connectivity index (χ4n) is 2.32. The molecule has 1 saturated heterocycles. The predicted octanol–water partition coefficient (Wildman–Crippen LogP) is 2.79. The number of rotatable bonds is 3. The largest absolute Gasteiger partial charge is 0.481 e. The first-order chi connectivity index (χ1) is 9.21. The molecule has 1 aliphatic rings. The highest BCUT2D eigenvalue weighted by molar-refractivity contribution is 7.89. The van der Waals surface area contributed by atoms with Crippen molar-refractivity contribution in [3.63, 3.8) is 0 Å². The summed E-state index contributed by atoms with van der Waals surface area (Å²) in [4.78, 5) is 11.1. The standard InChI is InChI=1S/C11H13Cl2NO4S2/c1-6-2-7(11(15)16)5-14(4-6)20(17,18)8-3-9(12)19-10(8)13/h3,6-7H,2,4-5H2,1H3,(H,15,16). The minimum atomic E-state index is -3.81. The molecule has 1 aromatic rings. The quantitative estimate of drug-likeness (QED) is 0.902. The van der Waals surface area contributed by atoms with E-state index in [0.29, 0.717) is 6.42 Å². The van der Waals surface area contributed by atoms with Crippen LogP contribution in [-0.2, 0) is 14.8 Å². The Balaban J connectivity index is 2.34. The molecule has 2 unspecified atom stereocenters. The molecule has 2 heterocycles. The van der Waals surface area contributed by atoms with Crippen molar-refractivity contribution in [3.8, 4) is 0 Å². The Labute approximate surface area is 131 Å². The molecule has 0 radical (unpaired) electrons. The maximum atomic E-state index is 12.5. The lowest BCUT2D eigenvalue weighted by molar-refractivity contribution is -0.143. The van der Waals surface area contributed by atoms with Crippen LogP contribution < -0.4 is 0 Å². The first-order valence-corrected chi connectivity index (χ1v) is 8.91. The number of hydrogen-bond donors (Lipinski definition) is 1. The number of halogens is 2. The van der Waals surface area contributed by atoms with Crippen molar-refractivity contribution in [1.29, 1.82) is 0 Å². The van der Waals surface area contributed by atoms with E-state index < -0.39 is 21.9 Å². The number of sulfonamides is 1. The lowest BCUT2D eigenvalue weighted by Crippen LogP contribution is -2.45. The molecule has 9 heteroatoms. The molecule has 1 aliphatic heterocycles. The van der Waals surface area contributed by atoms with Crippen molar-refractivity contribution in [1.82, 2.24) is 4.31 Å². The Kier molecular flexibility index (Phi) is 4.66. The van der Waals surface area contributed by atoms with E-state index in [1.165, 1.54) is 10.4 Å². The molecule has 2 rings (SSSR count). The van der Waals surface area contributed by atoms with Crippen LogP contribution in [0.4, 0.5) is 0 Å². The molecule has 1 aromatic heterocycles. The summed E-state index contributed by atoms with van der Waals surface area (Å²) in [5.74, 6) is -1.69. The highest BCUT2D eigenvalue weighted by atomic mass is 35.5. The monoisotopic (exact) mass is 357 g/mol. The van der Waals surface area contributed by atoms with Gasteiger partial charge in [0.15, 0.2) is 0 Å². The van der Waals surface area contributed by atoms with Gasteiger partial charge in [-0.2, -0.15) is 4.31 Å². The van der Waals surface area contributed by atoms with E-state index in [2.05, 4.69) is 0 Å². The van der Waals surface area contributed by atoms with Gasteiger partial charge in [-0.25, -0.2) is 8.42 Å². The number of carboxylic acid groups (broad SMARTS) is 1. The Morgan fingerprint density at radius 3 is 2.60 bits per heavy atom. The van der Waals surface area contributed by atoms with E-state index in [1.54, 1.807) is 0 Å². The molecule has 20 heavy (non-hydrogen) atoms. The van der Waals surface area contributed by atoms with E-state index >= 15 is 0 Å². The van der Waals surface area contributed by atoms with Crippen LogP contribution in [0.5, 0.6) is 0 Å². The Bertz CT molecular complexity index is 628. The summed E-state index contributed by atoms with van der Waals surface area (Å²) < 4.78 is 26.6. The number of hydrogen-bond acceptors (Lipinski definition) is 4. The lowest BCUT2D eigenvalue weighted by Gasteiger charge is -2.33. The number of aliphatic carboxylic acids is 1. The van der Waals surface area contributed by atoms with Crippen LogP contribution in [0.1, 0.15) is 13.3 Å². The van der Waals surface area contributed by atoms with Gasteiger partial charge in [-0.3, -0.25) is 4.79 Å². The fourth-order valence-corrected chi connectivity index (χ4v) is 6.04. The van der Waals surface area contributed by atoms with Gasteiger partial charge in [0, 0.05) is 13.1 Å². The van der Waals surface area contributed by atoms with Gasteiger partial charge in [-0.15, -0.1) is 11.3 Å². The van der Waals surface area contributed by atoms with Crippen molar-refractivity contribution in [2.45, 2.75) is 18.2 Å². The Morgan fingerprint density at radius 1 is 1.45 bits per heavy atom. The normalized spacial score (nSPS) is 24.8. The molecule has 0 spiro atoms. The van der Waals surface area contributed by atoms with Gasteiger partial charge in [0.05, 0.1) is 10.3 Å². The fraction of sp³-hybridized carbons (Fsp3) is 0.545. The summed E-state index contributed by atoms with van der Waals surface area (Å²) in [5.41, 5.74) is 0. The molecule has 112 valence electrons. The van der Waals surface area contributed by atoms with Crippen LogP contribution >= 0.6 is 34.5 Å². The lowest BCUT2D eigenvalue weighted by atomic mass is 9.92. The van der Waals surface area contributed by atoms with Crippen LogP contribution in [0.2, 0.25) is 8.67 Å². The maximum Gasteiger partial charge on any atom is 0.307 e. The third kappa shape index (κ3) is 3.12. The summed E-state index contributed by atoms with van der Waals surface area (Å²) in [6.45, 7) is 2.08. The van der Waals surface area contributed by atoms with Crippen LogP contribution in [0.15, 0.2) is 11.0 Å². The summed E-state index contributed by atoms with van der Waals surface area (Å²) in [7, 11) is -3.81. The first-order valence-electron chi connectivity index (χ1n) is 5.89. The first kappa shape index (κ1) is 16.0. The van der Waals surface area contributed by atoms with Gasteiger partial charge < -0.3 is 5.11 Å². The number of carbonyl (C=O) groups is 1. The van der Waals surface area contributed by atoms with Crippen LogP contribution in [0.3, 0.4) is 0 Å². The highest BCUT2D eigenvalue weighted by Crippen LogP contribution is 2.37. The summed E-state index contributed by atoms with van der Waals surface area (Å²) in [6.07, 6.45) is 0.472. The second-order valence-corrected chi connectivity index (χ2v) is 9.08. The topological polar surface area (TPSA) is 74.7 Å². The van der Waals surface area contributed by atoms with Gasteiger partial charge in [0.1, 0.15) is 9.23 Å². The van der Waals surface area contributed by atoms with E-state index in [4.69, 9.17) is 28.3 Å². The average Bonchev–Trinajstić information content (AvgIpc) is 2.68. The van der Waals surface area contributed by atoms with Gasteiger partial charge >= 0.3 is 5.97 Å². The maximum absolute atomic E-state index is 12.5. The third-order valence-corrected chi connectivity index (χ3v) is 6.80. The van der Waals surface area contributed by atoms with Crippen molar-refractivity contribution >= 4 is 50.5 Å². The molecular weight excluding hydrogens is 345 g/mol. The minimum absolute atomic E-state index is 0.0208. The molecule has 0 amide bonds. The van der Waals surface area contributed by atoms with Crippen LogP contribution in [0.25, 0.3) is 0 Å². The van der Waals surface area contributed by atoms with Crippen molar-refractivity contribution < 1.29 is 18.3 Å². The van der Waals surface area contributed by atoms with E-state index in [0.717, 1.165) is 11.3 Å². The minimum Gasteiger partial charge on any atom is -0.481 e. The number of carboxylic acids is 1. The van der Waals surface area contributed by atoms with Gasteiger partial charge in [0.25, 0.3) is 0 Å². The smallest absolute Gasteiger partial charge is 0.307 e. The van der Waals surface area contributed by atoms with Gasteiger partial charge in [-0.1, -0.05) is 30.1 Å². The predicted molar refractivity (Wildman–Crippen MR) is 78.0 cm³/mol. The van der Waals surface area contributed by atoms with E-state index in [9.17, 15) is 13.2 Å². The molecule has 0 aromatic carbocycles. The summed E-state index contributed by atoms with van der Waals surface area (Å²) in [6, 6.07) is 1.30. The molecule has 0 aliphatic carbocycles. The molecule has 1 fully saturated rings. The van der Waals surface area contributed by atoms with Crippen molar-refractivity contribution in [2.75, 3.05) is 13.1 Å². The van der Waals surface area contributed by atoms with E-state index in [-0.39, 0.29) is 32.6 Å². The zero-order valence-corrected chi connectivity index (χ0v) is 13.7. The van der Waals surface area contributed by atoms with E-state index in [1.807, 2.05) is 6.92 Å². The number of thiophene rings is 1. The van der Waals surface area contributed by atoms with Crippen molar-refractivity contribution in [2.24, 2.45) is 11.8 Å². The van der Waals surface area contributed by atoms with Crippen molar-refractivity contribution in [3.05, 3.63) is 14.7 Å². The second-order valence-electron chi connectivity index (χ2n) is 4.89. The number of piperidine rings is 1. The molecular formula is C11H13Cl2NO4S2. The Morgan fingerprint density at radius 2 is 2.10 bits per heavy atom. The molecule has 5 nitrogen and oxygen atoms in total. The zero-order valence-electron chi connectivity index (χ0n) is 10.5. The number of nitrogens with zero attached hydrogens (tertiary/aromatic N) is 1. The molecule has 2 atom stereocenters. The molecule has 0 bridgehead atoms. The second kappa shape index (κ2) is 5.81. The van der Waals surface area contributed by atoms with Gasteiger partial charge in [-0.05, 0) is 18.4 Å². The average molecular weight is 358 g/mol. The van der Waals surface area contributed by atoms with Gasteiger partial charge in [0.2, 0.25) is 10.0 Å². The van der Waals surface area contributed by atoms with Crippen LogP contribution in [-0.4, -0.2) is 36.9 Å². The van der Waals surface area contributed by atoms with Crippen LogP contribution in [0, 0.1) is 11.8 Å². The summed E-state index contributed by atoms with van der Waals surface area (Å²) in [5, 5.41) is 9.10. The SMILES string of the molecule is CC1CC(C(=O)O)CN(S(=O)(=O)c2cc(Cl)sc2Cl)C1. The zero-order chi connectivity index (χ0) is 15.1. The Hall–Kier alpha value is -0.340. The molecule has 1 N–H and O–H groups in total.